The van der Waals surface area contributed by atoms with Crippen LogP contribution in [0.1, 0.15) is 22.5 Å². The van der Waals surface area contributed by atoms with E-state index < -0.39 is 35.3 Å². The SMILES string of the molecule is Cc1cc(/C=C2\SC(=O)N(CC(=O)Nc3cccc(C(F)(F)F)c3)C2=O)c(C)n1-c1ccc(-c2ccccc2)cc1. The van der Waals surface area contributed by atoms with Crippen LogP contribution in [0, 0.1) is 13.8 Å². The van der Waals surface area contributed by atoms with Crippen molar-refractivity contribution < 1.29 is 27.6 Å². The van der Waals surface area contributed by atoms with Gasteiger partial charge < -0.3 is 9.88 Å². The first-order valence-corrected chi connectivity index (χ1v) is 13.4. The summed E-state index contributed by atoms with van der Waals surface area (Å²) in [5.41, 5.74) is 4.67. The van der Waals surface area contributed by atoms with Gasteiger partial charge in [-0.25, -0.2) is 0 Å². The molecule has 1 aromatic heterocycles. The number of carbonyl (C=O) groups is 3. The molecule has 208 valence electrons. The summed E-state index contributed by atoms with van der Waals surface area (Å²) in [6, 6.07) is 24.2. The lowest BCUT2D eigenvalue weighted by Gasteiger charge is -2.13. The smallest absolute Gasteiger partial charge is 0.325 e. The van der Waals surface area contributed by atoms with Gasteiger partial charge in [-0.05, 0) is 84.8 Å². The highest BCUT2D eigenvalue weighted by atomic mass is 32.2. The maximum absolute atomic E-state index is 13.0. The van der Waals surface area contributed by atoms with E-state index in [1.807, 2.05) is 79.1 Å². The second kappa shape index (κ2) is 11.1. The van der Waals surface area contributed by atoms with Gasteiger partial charge >= 0.3 is 6.18 Å². The van der Waals surface area contributed by atoms with Crippen molar-refractivity contribution in [2.24, 2.45) is 0 Å². The number of alkyl halides is 3. The molecule has 0 bridgehead atoms. The summed E-state index contributed by atoms with van der Waals surface area (Å²) in [5, 5.41) is 1.69. The molecule has 1 N–H and O–H groups in total. The van der Waals surface area contributed by atoms with Crippen molar-refractivity contribution in [3.63, 3.8) is 0 Å². The molecule has 0 saturated carbocycles. The number of imide groups is 1. The number of hydrogen-bond acceptors (Lipinski definition) is 4. The number of benzene rings is 3. The van der Waals surface area contributed by atoms with Gasteiger partial charge in [0.15, 0.2) is 0 Å². The molecule has 6 nitrogen and oxygen atoms in total. The summed E-state index contributed by atoms with van der Waals surface area (Å²) < 4.78 is 41.0. The fourth-order valence-electron chi connectivity index (χ4n) is 4.66. The molecule has 1 saturated heterocycles. The Hall–Kier alpha value is -4.57. The van der Waals surface area contributed by atoms with E-state index in [9.17, 15) is 27.6 Å². The molecule has 0 atom stereocenters. The average Bonchev–Trinajstić information content (AvgIpc) is 3.37. The van der Waals surface area contributed by atoms with Crippen molar-refractivity contribution >= 4 is 40.6 Å². The van der Waals surface area contributed by atoms with Crippen LogP contribution in [0.15, 0.2) is 89.8 Å². The fraction of sp³-hybridized carbons (Fsp3) is 0.129. The Balaban J connectivity index is 1.31. The van der Waals surface area contributed by atoms with E-state index in [1.54, 1.807) is 6.08 Å². The van der Waals surface area contributed by atoms with Crippen molar-refractivity contribution in [3.05, 3.63) is 112 Å². The first kappa shape index (κ1) is 28.0. The summed E-state index contributed by atoms with van der Waals surface area (Å²) in [5.74, 6) is -1.43. The molecule has 3 aromatic carbocycles. The lowest BCUT2D eigenvalue weighted by atomic mass is 10.1. The van der Waals surface area contributed by atoms with E-state index in [2.05, 4.69) is 5.32 Å². The molecule has 1 aliphatic heterocycles. The second-order valence-corrected chi connectivity index (χ2v) is 10.5. The maximum atomic E-state index is 13.0. The molecule has 2 heterocycles. The number of nitrogens with zero attached hydrogens (tertiary/aromatic N) is 2. The molecule has 1 fully saturated rings. The fourth-order valence-corrected chi connectivity index (χ4v) is 5.49. The number of aryl methyl sites for hydroxylation is 1. The van der Waals surface area contributed by atoms with Gasteiger partial charge in [-0.15, -0.1) is 0 Å². The molecule has 0 spiro atoms. The third-order valence-electron chi connectivity index (χ3n) is 6.64. The van der Waals surface area contributed by atoms with Crippen LogP contribution in [0.5, 0.6) is 0 Å². The molecule has 10 heteroatoms. The molecule has 5 rings (SSSR count). The van der Waals surface area contributed by atoms with Gasteiger partial charge in [-0.1, -0.05) is 48.5 Å². The minimum atomic E-state index is -4.57. The number of rotatable bonds is 6. The van der Waals surface area contributed by atoms with Crippen LogP contribution < -0.4 is 5.32 Å². The third kappa shape index (κ3) is 5.97. The predicted octanol–water partition coefficient (Wildman–Crippen LogP) is 7.45. The molecule has 41 heavy (non-hydrogen) atoms. The van der Waals surface area contributed by atoms with Crippen LogP contribution >= 0.6 is 11.8 Å². The van der Waals surface area contributed by atoms with E-state index in [0.717, 1.165) is 56.9 Å². The van der Waals surface area contributed by atoms with Crippen LogP contribution in [0.4, 0.5) is 23.7 Å². The third-order valence-corrected chi connectivity index (χ3v) is 7.55. The minimum absolute atomic E-state index is 0.0865. The number of thioether (sulfide) groups is 1. The summed E-state index contributed by atoms with van der Waals surface area (Å²) in [6.07, 6.45) is -2.95. The monoisotopic (exact) mass is 575 g/mol. The van der Waals surface area contributed by atoms with Crippen molar-refractivity contribution in [1.29, 1.82) is 0 Å². The number of amides is 3. The van der Waals surface area contributed by atoms with Gasteiger partial charge in [0.1, 0.15) is 6.54 Å². The minimum Gasteiger partial charge on any atom is -0.325 e. The van der Waals surface area contributed by atoms with E-state index in [1.165, 1.54) is 6.07 Å². The quantitative estimate of drug-likeness (QED) is 0.242. The summed E-state index contributed by atoms with van der Waals surface area (Å²) >= 11 is 0.710. The van der Waals surface area contributed by atoms with E-state index >= 15 is 0 Å². The molecule has 1 aliphatic rings. The molecule has 0 aliphatic carbocycles. The number of nitrogens with one attached hydrogen (secondary N) is 1. The highest BCUT2D eigenvalue weighted by Gasteiger charge is 2.37. The Morgan fingerprint density at radius 3 is 2.27 bits per heavy atom. The van der Waals surface area contributed by atoms with Crippen molar-refractivity contribution in [2.75, 3.05) is 11.9 Å². The maximum Gasteiger partial charge on any atom is 0.416 e. The molecular weight excluding hydrogens is 551 g/mol. The Kier molecular flexibility index (Phi) is 7.59. The molecule has 0 unspecified atom stereocenters. The summed E-state index contributed by atoms with van der Waals surface area (Å²) in [4.78, 5) is 39.0. The Labute approximate surface area is 238 Å². The van der Waals surface area contributed by atoms with Gasteiger partial charge in [-0.3, -0.25) is 19.3 Å². The number of carbonyl (C=O) groups excluding carboxylic acids is 3. The molecular formula is C31H24F3N3O3S. The van der Waals surface area contributed by atoms with Gasteiger partial charge in [-0.2, -0.15) is 13.2 Å². The van der Waals surface area contributed by atoms with E-state index in [-0.39, 0.29) is 10.6 Å². The normalized spacial score (nSPS) is 14.7. The van der Waals surface area contributed by atoms with Gasteiger partial charge in [0.2, 0.25) is 5.91 Å². The standard InChI is InChI=1S/C31H24F3N3O3S/c1-19-15-23(20(2)37(19)26-13-11-22(12-14-26)21-7-4-3-5-8-21)16-27-29(39)36(30(40)41-27)18-28(38)35-25-10-6-9-24(17-25)31(32,33)34/h3-17H,18H2,1-2H3,(H,35,38)/b27-16-. The van der Waals surface area contributed by atoms with E-state index in [0.29, 0.717) is 11.8 Å². The Morgan fingerprint density at radius 2 is 1.59 bits per heavy atom. The number of hydrogen-bond donors (Lipinski definition) is 1. The largest absolute Gasteiger partial charge is 0.416 e. The second-order valence-electron chi connectivity index (χ2n) is 9.47. The zero-order valence-electron chi connectivity index (χ0n) is 22.0. The van der Waals surface area contributed by atoms with Crippen LogP contribution in [0.2, 0.25) is 0 Å². The highest BCUT2D eigenvalue weighted by molar-refractivity contribution is 8.18. The number of halogens is 3. The van der Waals surface area contributed by atoms with E-state index in [4.69, 9.17) is 0 Å². The van der Waals surface area contributed by atoms with Crippen LogP contribution in [0.25, 0.3) is 22.9 Å². The van der Waals surface area contributed by atoms with Gasteiger partial charge in [0.05, 0.1) is 10.5 Å². The first-order valence-electron chi connectivity index (χ1n) is 12.6. The Morgan fingerprint density at radius 1 is 0.902 bits per heavy atom. The summed E-state index contributed by atoms with van der Waals surface area (Å²) in [7, 11) is 0. The van der Waals surface area contributed by atoms with Crippen LogP contribution in [-0.4, -0.2) is 33.1 Å². The average molecular weight is 576 g/mol. The zero-order valence-corrected chi connectivity index (χ0v) is 22.8. The number of aromatic nitrogens is 1. The Bertz CT molecular complexity index is 1680. The first-order chi connectivity index (χ1) is 19.5. The van der Waals surface area contributed by atoms with Crippen molar-refractivity contribution in [3.8, 4) is 16.8 Å². The lowest BCUT2D eigenvalue weighted by Crippen LogP contribution is -2.36. The zero-order chi connectivity index (χ0) is 29.3. The number of anilines is 1. The summed E-state index contributed by atoms with van der Waals surface area (Å²) in [6.45, 7) is 3.24. The van der Waals surface area contributed by atoms with Crippen LogP contribution in [0.3, 0.4) is 0 Å². The lowest BCUT2D eigenvalue weighted by molar-refractivity contribution is -0.137. The molecule has 0 radical (unpaired) electrons. The highest BCUT2D eigenvalue weighted by Crippen LogP contribution is 2.34. The van der Waals surface area contributed by atoms with Crippen molar-refractivity contribution in [1.82, 2.24) is 9.47 Å². The molecule has 4 aromatic rings. The van der Waals surface area contributed by atoms with Gasteiger partial charge in [0.25, 0.3) is 11.1 Å². The van der Waals surface area contributed by atoms with Crippen LogP contribution in [-0.2, 0) is 15.8 Å². The molecule has 3 amide bonds. The topological polar surface area (TPSA) is 71.4 Å². The predicted molar refractivity (Wildman–Crippen MR) is 153 cm³/mol. The van der Waals surface area contributed by atoms with Crippen molar-refractivity contribution in [2.45, 2.75) is 20.0 Å². The van der Waals surface area contributed by atoms with Gasteiger partial charge in [0, 0.05) is 22.8 Å².